The monoisotopic (exact) mass is 264 g/mol. The molecule has 0 spiro atoms. The minimum atomic E-state index is 0.607. The Balaban J connectivity index is 1.68. The van der Waals surface area contributed by atoms with Crippen molar-refractivity contribution in [3.8, 4) is 0 Å². The fourth-order valence-electron chi connectivity index (χ4n) is 3.02. The molecule has 0 aromatic carbocycles. The van der Waals surface area contributed by atoms with E-state index in [9.17, 15) is 0 Å². The average molecular weight is 264 g/mol. The van der Waals surface area contributed by atoms with E-state index in [1.165, 1.54) is 38.9 Å². The van der Waals surface area contributed by atoms with Gasteiger partial charge in [0.25, 0.3) is 0 Å². The van der Waals surface area contributed by atoms with Crippen LogP contribution in [0.3, 0.4) is 0 Å². The summed E-state index contributed by atoms with van der Waals surface area (Å²) in [5, 5.41) is 7.90. The quantitative estimate of drug-likeness (QED) is 0.817. The summed E-state index contributed by atoms with van der Waals surface area (Å²) in [6.07, 6.45) is 7.86. The van der Waals surface area contributed by atoms with Gasteiger partial charge in [-0.05, 0) is 51.3 Å². The second-order valence-corrected chi connectivity index (χ2v) is 5.71. The highest BCUT2D eigenvalue weighted by Crippen LogP contribution is 2.19. The van der Waals surface area contributed by atoms with Gasteiger partial charge in [-0.25, -0.2) is 0 Å². The molecule has 1 fully saturated rings. The van der Waals surface area contributed by atoms with Gasteiger partial charge >= 0.3 is 0 Å². The summed E-state index contributed by atoms with van der Waals surface area (Å²) in [5.74, 6) is 0.804. The molecule has 19 heavy (non-hydrogen) atoms. The molecule has 4 heteroatoms. The standard InChI is InChI=1S/C15H28N4/c1-3-9-18-10-4-6-15(13-18)14(2)16-8-12-19-11-5-7-17-19/h5,7,11,14-16H,3-4,6,8-10,12-13H2,1-2H3. The second kappa shape index (κ2) is 7.65. The Morgan fingerprint density at radius 2 is 2.32 bits per heavy atom. The summed E-state index contributed by atoms with van der Waals surface area (Å²) < 4.78 is 1.99. The third-order valence-electron chi connectivity index (χ3n) is 4.16. The molecule has 1 aromatic heterocycles. The highest BCUT2D eigenvalue weighted by Gasteiger charge is 2.23. The minimum absolute atomic E-state index is 0.607. The maximum atomic E-state index is 4.23. The van der Waals surface area contributed by atoms with E-state index in [0.717, 1.165) is 19.0 Å². The van der Waals surface area contributed by atoms with E-state index in [2.05, 4.69) is 29.2 Å². The molecule has 0 saturated carbocycles. The number of hydrogen-bond donors (Lipinski definition) is 1. The van der Waals surface area contributed by atoms with Gasteiger partial charge in [-0.2, -0.15) is 5.10 Å². The van der Waals surface area contributed by atoms with E-state index < -0.39 is 0 Å². The number of hydrogen-bond acceptors (Lipinski definition) is 3. The summed E-state index contributed by atoms with van der Waals surface area (Å²) in [5.41, 5.74) is 0. The smallest absolute Gasteiger partial charge is 0.0534 e. The molecule has 2 heterocycles. The van der Waals surface area contributed by atoms with Crippen LogP contribution in [0.15, 0.2) is 18.5 Å². The molecule has 0 radical (unpaired) electrons. The van der Waals surface area contributed by atoms with Crippen molar-refractivity contribution in [3.05, 3.63) is 18.5 Å². The van der Waals surface area contributed by atoms with Crippen LogP contribution in [-0.2, 0) is 6.54 Å². The Bertz CT molecular complexity index is 334. The molecular weight excluding hydrogens is 236 g/mol. The highest BCUT2D eigenvalue weighted by atomic mass is 15.3. The minimum Gasteiger partial charge on any atom is -0.312 e. The molecule has 1 aromatic rings. The van der Waals surface area contributed by atoms with Crippen molar-refractivity contribution in [1.29, 1.82) is 0 Å². The van der Waals surface area contributed by atoms with Gasteiger partial charge in [0.15, 0.2) is 0 Å². The second-order valence-electron chi connectivity index (χ2n) is 5.71. The summed E-state index contributed by atoms with van der Waals surface area (Å²) >= 11 is 0. The summed E-state index contributed by atoms with van der Waals surface area (Å²) in [7, 11) is 0. The lowest BCUT2D eigenvalue weighted by atomic mass is 9.91. The number of aromatic nitrogens is 2. The van der Waals surface area contributed by atoms with Crippen molar-refractivity contribution in [2.45, 2.75) is 45.7 Å². The van der Waals surface area contributed by atoms with Gasteiger partial charge in [0.1, 0.15) is 0 Å². The SMILES string of the molecule is CCCN1CCCC(C(C)NCCn2cccn2)C1. The zero-order valence-corrected chi connectivity index (χ0v) is 12.4. The summed E-state index contributed by atoms with van der Waals surface area (Å²) in [4.78, 5) is 2.62. The van der Waals surface area contributed by atoms with Crippen LogP contribution in [0.1, 0.15) is 33.1 Å². The van der Waals surface area contributed by atoms with Gasteiger partial charge in [-0.3, -0.25) is 4.68 Å². The molecule has 0 aliphatic carbocycles. The molecule has 2 atom stereocenters. The van der Waals surface area contributed by atoms with Crippen LogP contribution in [0.5, 0.6) is 0 Å². The first kappa shape index (κ1) is 14.5. The van der Waals surface area contributed by atoms with E-state index in [1.807, 2.05) is 23.1 Å². The molecule has 0 amide bonds. The van der Waals surface area contributed by atoms with Gasteiger partial charge in [0.2, 0.25) is 0 Å². The molecule has 1 aliphatic heterocycles. The van der Waals surface area contributed by atoms with E-state index in [1.54, 1.807) is 0 Å². The fourth-order valence-corrected chi connectivity index (χ4v) is 3.02. The predicted octanol–water partition coefficient (Wildman–Crippen LogP) is 1.98. The first-order chi connectivity index (χ1) is 9.29. The Hall–Kier alpha value is -0.870. The average Bonchev–Trinajstić information content (AvgIpc) is 2.92. The Morgan fingerprint density at radius 3 is 3.05 bits per heavy atom. The van der Waals surface area contributed by atoms with Crippen molar-refractivity contribution >= 4 is 0 Å². The molecule has 4 nitrogen and oxygen atoms in total. The van der Waals surface area contributed by atoms with Crippen molar-refractivity contribution < 1.29 is 0 Å². The third-order valence-corrected chi connectivity index (χ3v) is 4.16. The zero-order chi connectivity index (χ0) is 13.5. The number of nitrogens with zero attached hydrogens (tertiary/aromatic N) is 3. The van der Waals surface area contributed by atoms with E-state index in [4.69, 9.17) is 0 Å². The van der Waals surface area contributed by atoms with Gasteiger partial charge in [-0.15, -0.1) is 0 Å². The molecule has 2 rings (SSSR count). The Kier molecular flexibility index (Phi) is 5.86. The number of rotatable bonds is 7. The van der Waals surface area contributed by atoms with Crippen LogP contribution in [0.25, 0.3) is 0 Å². The molecular formula is C15H28N4. The number of nitrogens with one attached hydrogen (secondary N) is 1. The van der Waals surface area contributed by atoms with Crippen LogP contribution in [0.2, 0.25) is 0 Å². The summed E-state index contributed by atoms with van der Waals surface area (Å²) in [6, 6.07) is 2.59. The molecule has 1 N–H and O–H groups in total. The lowest BCUT2D eigenvalue weighted by molar-refractivity contribution is 0.150. The fraction of sp³-hybridized carbons (Fsp3) is 0.800. The summed E-state index contributed by atoms with van der Waals surface area (Å²) in [6.45, 7) is 10.4. The van der Waals surface area contributed by atoms with E-state index in [-0.39, 0.29) is 0 Å². The van der Waals surface area contributed by atoms with E-state index in [0.29, 0.717) is 6.04 Å². The van der Waals surface area contributed by atoms with Crippen LogP contribution in [-0.4, -0.2) is 46.9 Å². The third kappa shape index (κ3) is 4.62. The first-order valence-electron chi connectivity index (χ1n) is 7.72. The van der Waals surface area contributed by atoms with Crippen LogP contribution in [0, 0.1) is 5.92 Å². The lowest BCUT2D eigenvalue weighted by Crippen LogP contribution is -2.45. The maximum absolute atomic E-state index is 4.23. The number of likely N-dealkylation sites (tertiary alicyclic amines) is 1. The van der Waals surface area contributed by atoms with Gasteiger partial charge in [0.05, 0.1) is 6.54 Å². The normalized spacial score (nSPS) is 22.5. The lowest BCUT2D eigenvalue weighted by Gasteiger charge is -2.36. The predicted molar refractivity (Wildman–Crippen MR) is 79.1 cm³/mol. The van der Waals surface area contributed by atoms with Crippen molar-refractivity contribution in [2.75, 3.05) is 26.2 Å². The highest BCUT2D eigenvalue weighted by molar-refractivity contribution is 4.81. The maximum Gasteiger partial charge on any atom is 0.0534 e. The number of piperidine rings is 1. The Morgan fingerprint density at radius 1 is 1.42 bits per heavy atom. The molecule has 108 valence electrons. The van der Waals surface area contributed by atoms with Crippen molar-refractivity contribution in [3.63, 3.8) is 0 Å². The Labute approximate surface area is 117 Å². The molecule has 1 aliphatic rings. The molecule has 1 saturated heterocycles. The van der Waals surface area contributed by atoms with Crippen molar-refractivity contribution in [2.24, 2.45) is 5.92 Å². The first-order valence-corrected chi connectivity index (χ1v) is 7.72. The van der Waals surface area contributed by atoms with Gasteiger partial charge in [0, 0.05) is 31.5 Å². The molecule has 0 bridgehead atoms. The van der Waals surface area contributed by atoms with E-state index >= 15 is 0 Å². The van der Waals surface area contributed by atoms with Crippen LogP contribution < -0.4 is 5.32 Å². The van der Waals surface area contributed by atoms with Crippen LogP contribution in [0.4, 0.5) is 0 Å². The van der Waals surface area contributed by atoms with Crippen LogP contribution >= 0.6 is 0 Å². The largest absolute Gasteiger partial charge is 0.312 e. The van der Waals surface area contributed by atoms with Gasteiger partial charge < -0.3 is 10.2 Å². The molecule has 2 unspecified atom stereocenters. The zero-order valence-electron chi connectivity index (χ0n) is 12.4. The van der Waals surface area contributed by atoms with Gasteiger partial charge in [-0.1, -0.05) is 6.92 Å². The van der Waals surface area contributed by atoms with Crippen molar-refractivity contribution in [1.82, 2.24) is 20.0 Å². The topological polar surface area (TPSA) is 33.1 Å².